The highest BCUT2D eigenvalue weighted by Gasteiger charge is 2.27. The lowest BCUT2D eigenvalue weighted by Gasteiger charge is -2.30. The molecule has 0 bridgehead atoms. The largest absolute Gasteiger partial charge is 0.354 e. The highest BCUT2D eigenvalue weighted by Crippen LogP contribution is 2.18. The summed E-state index contributed by atoms with van der Waals surface area (Å²) in [5.41, 5.74) is 3.66. The van der Waals surface area contributed by atoms with Gasteiger partial charge in [-0.3, -0.25) is 9.59 Å². The molecule has 0 spiro atoms. The van der Waals surface area contributed by atoms with Crippen LogP contribution in [0.4, 0.5) is 0 Å². The van der Waals surface area contributed by atoms with E-state index < -0.39 is 6.04 Å². The van der Waals surface area contributed by atoms with E-state index in [1.165, 1.54) is 16.7 Å². The van der Waals surface area contributed by atoms with Crippen LogP contribution in [0.1, 0.15) is 43.4 Å². The average Bonchev–Trinajstić information content (AvgIpc) is 2.76. The van der Waals surface area contributed by atoms with Gasteiger partial charge in [-0.25, -0.2) is 0 Å². The molecule has 30 heavy (non-hydrogen) atoms. The summed E-state index contributed by atoms with van der Waals surface area (Å²) in [5.74, 6) is 1.15. The van der Waals surface area contributed by atoms with E-state index in [9.17, 15) is 9.59 Å². The highest BCUT2D eigenvalue weighted by molar-refractivity contribution is 7.99. The van der Waals surface area contributed by atoms with Crippen molar-refractivity contribution in [2.45, 2.75) is 51.8 Å². The Bertz CT molecular complexity index is 795. The Labute approximate surface area is 185 Å². The number of hydrogen-bond acceptors (Lipinski definition) is 3. The number of hydrogen-bond donors (Lipinski definition) is 1. The fraction of sp³-hybridized carbons (Fsp3) is 0.440. The Kier molecular flexibility index (Phi) is 10.5. The molecule has 0 aliphatic rings. The SMILES string of the molecule is CCCNC(=O)C(CC)N(CCc1ccccc1)C(=O)CSCc1ccccc1C. The molecular formula is C25H34N2O2S. The van der Waals surface area contributed by atoms with Crippen LogP contribution < -0.4 is 5.32 Å². The molecule has 0 saturated carbocycles. The molecule has 0 heterocycles. The molecule has 1 N–H and O–H groups in total. The zero-order valence-corrected chi connectivity index (χ0v) is 19.2. The van der Waals surface area contributed by atoms with Crippen LogP contribution in [0.15, 0.2) is 54.6 Å². The molecule has 2 aromatic rings. The maximum Gasteiger partial charge on any atom is 0.242 e. The van der Waals surface area contributed by atoms with Gasteiger partial charge in [0.15, 0.2) is 0 Å². The molecule has 0 aliphatic carbocycles. The Balaban J connectivity index is 2.04. The van der Waals surface area contributed by atoms with Crippen LogP contribution in [0.2, 0.25) is 0 Å². The number of carbonyl (C=O) groups is 2. The van der Waals surface area contributed by atoms with Gasteiger partial charge in [-0.1, -0.05) is 68.4 Å². The third-order valence-corrected chi connectivity index (χ3v) is 6.13. The van der Waals surface area contributed by atoms with E-state index in [2.05, 4.69) is 36.5 Å². The van der Waals surface area contributed by atoms with Gasteiger partial charge >= 0.3 is 0 Å². The lowest BCUT2D eigenvalue weighted by molar-refractivity contribution is -0.138. The van der Waals surface area contributed by atoms with Crippen molar-refractivity contribution in [1.82, 2.24) is 10.2 Å². The predicted molar refractivity (Wildman–Crippen MR) is 127 cm³/mol. The summed E-state index contributed by atoms with van der Waals surface area (Å²) in [6.07, 6.45) is 2.23. The first-order valence-corrected chi connectivity index (χ1v) is 12.0. The normalized spacial score (nSPS) is 11.7. The van der Waals surface area contributed by atoms with Gasteiger partial charge in [-0.2, -0.15) is 0 Å². The lowest BCUT2D eigenvalue weighted by Crippen LogP contribution is -2.50. The van der Waals surface area contributed by atoms with Gasteiger partial charge in [0.2, 0.25) is 11.8 Å². The van der Waals surface area contributed by atoms with Crippen molar-refractivity contribution in [3.63, 3.8) is 0 Å². The van der Waals surface area contributed by atoms with Crippen molar-refractivity contribution in [2.24, 2.45) is 0 Å². The number of rotatable bonds is 12. The summed E-state index contributed by atoms with van der Waals surface area (Å²) in [5, 5.41) is 2.97. The Morgan fingerprint density at radius 3 is 2.40 bits per heavy atom. The number of nitrogens with one attached hydrogen (secondary N) is 1. The van der Waals surface area contributed by atoms with Gasteiger partial charge in [-0.05, 0) is 42.9 Å². The van der Waals surface area contributed by atoms with Crippen LogP contribution >= 0.6 is 11.8 Å². The number of nitrogens with zero attached hydrogens (tertiary/aromatic N) is 1. The van der Waals surface area contributed by atoms with Gasteiger partial charge < -0.3 is 10.2 Å². The van der Waals surface area contributed by atoms with Crippen LogP contribution in [0.5, 0.6) is 0 Å². The summed E-state index contributed by atoms with van der Waals surface area (Å²) >= 11 is 1.61. The summed E-state index contributed by atoms with van der Waals surface area (Å²) in [7, 11) is 0. The molecule has 2 aromatic carbocycles. The van der Waals surface area contributed by atoms with E-state index in [4.69, 9.17) is 0 Å². The maximum atomic E-state index is 13.1. The number of aryl methyl sites for hydroxylation is 1. The summed E-state index contributed by atoms with van der Waals surface area (Å²) in [6.45, 7) is 7.28. The van der Waals surface area contributed by atoms with Gasteiger partial charge in [0.25, 0.3) is 0 Å². The zero-order chi connectivity index (χ0) is 21.8. The molecule has 5 heteroatoms. The van der Waals surface area contributed by atoms with Crippen molar-refractivity contribution < 1.29 is 9.59 Å². The van der Waals surface area contributed by atoms with Crippen LogP contribution in [0.3, 0.4) is 0 Å². The minimum atomic E-state index is -0.424. The molecule has 0 saturated heterocycles. The van der Waals surface area contributed by atoms with Gasteiger partial charge in [0, 0.05) is 18.8 Å². The van der Waals surface area contributed by atoms with Crippen LogP contribution in [-0.2, 0) is 21.8 Å². The highest BCUT2D eigenvalue weighted by atomic mass is 32.2. The van der Waals surface area contributed by atoms with Gasteiger partial charge in [0.05, 0.1) is 5.75 Å². The van der Waals surface area contributed by atoms with E-state index in [1.807, 2.05) is 44.2 Å². The van der Waals surface area contributed by atoms with E-state index in [0.717, 1.165) is 18.6 Å². The van der Waals surface area contributed by atoms with Crippen LogP contribution in [0.25, 0.3) is 0 Å². The third kappa shape index (κ3) is 7.52. The van der Waals surface area contributed by atoms with Crippen LogP contribution in [-0.4, -0.2) is 41.6 Å². The molecule has 1 atom stereocenters. The minimum absolute atomic E-state index is 0.0306. The molecule has 162 valence electrons. The topological polar surface area (TPSA) is 49.4 Å². The first-order chi connectivity index (χ1) is 14.6. The summed E-state index contributed by atoms with van der Waals surface area (Å²) in [6, 6.07) is 18.0. The fourth-order valence-corrected chi connectivity index (χ4v) is 4.35. The van der Waals surface area contributed by atoms with Crippen molar-refractivity contribution in [3.8, 4) is 0 Å². The molecule has 0 fully saturated rings. The molecule has 2 rings (SSSR count). The van der Waals surface area contributed by atoms with Crippen molar-refractivity contribution >= 4 is 23.6 Å². The second kappa shape index (κ2) is 13.1. The van der Waals surface area contributed by atoms with E-state index >= 15 is 0 Å². The van der Waals surface area contributed by atoms with E-state index in [1.54, 1.807) is 16.7 Å². The Morgan fingerprint density at radius 2 is 1.73 bits per heavy atom. The smallest absolute Gasteiger partial charge is 0.242 e. The first-order valence-electron chi connectivity index (χ1n) is 10.8. The Hall–Kier alpha value is -2.27. The van der Waals surface area contributed by atoms with Gasteiger partial charge in [0.1, 0.15) is 6.04 Å². The molecule has 0 radical (unpaired) electrons. The molecule has 2 amide bonds. The molecule has 0 aliphatic heterocycles. The standard InChI is InChI=1S/C25H34N2O2S/c1-4-16-26-25(29)23(5-2)27(17-15-21-12-7-6-8-13-21)24(28)19-30-18-22-14-10-9-11-20(22)3/h6-14,23H,4-5,15-19H2,1-3H3,(H,26,29). The minimum Gasteiger partial charge on any atom is -0.354 e. The summed E-state index contributed by atoms with van der Waals surface area (Å²) < 4.78 is 0. The number of amides is 2. The summed E-state index contributed by atoms with van der Waals surface area (Å²) in [4.78, 5) is 27.6. The first kappa shape index (κ1) is 24.0. The van der Waals surface area contributed by atoms with Crippen molar-refractivity contribution in [2.75, 3.05) is 18.8 Å². The molecule has 0 aromatic heterocycles. The zero-order valence-electron chi connectivity index (χ0n) is 18.4. The molecule has 1 unspecified atom stereocenters. The number of thioether (sulfide) groups is 1. The second-order valence-electron chi connectivity index (χ2n) is 7.46. The quantitative estimate of drug-likeness (QED) is 0.539. The van der Waals surface area contributed by atoms with Crippen LogP contribution in [0, 0.1) is 6.92 Å². The second-order valence-corrected chi connectivity index (χ2v) is 8.44. The number of carbonyl (C=O) groups excluding carboxylic acids is 2. The van der Waals surface area contributed by atoms with Crippen molar-refractivity contribution in [1.29, 1.82) is 0 Å². The number of benzene rings is 2. The average molecular weight is 427 g/mol. The molecular weight excluding hydrogens is 392 g/mol. The maximum absolute atomic E-state index is 13.1. The van der Waals surface area contributed by atoms with Gasteiger partial charge in [-0.15, -0.1) is 11.8 Å². The predicted octanol–water partition coefficient (Wildman–Crippen LogP) is 4.60. The molecule has 4 nitrogen and oxygen atoms in total. The Morgan fingerprint density at radius 1 is 1.03 bits per heavy atom. The van der Waals surface area contributed by atoms with Crippen molar-refractivity contribution in [3.05, 3.63) is 71.3 Å². The monoisotopic (exact) mass is 426 g/mol. The van der Waals surface area contributed by atoms with E-state index in [-0.39, 0.29) is 11.8 Å². The van der Waals surface area contributed by atoms with E-state index in [0.29, 0.717) is 25.3 Å². The lowest BCUT2D eigenvalue weighted by atomic mass is 10.1. The fourth-order valence-electron chi connectivity index (χ4n) is 3.37. The third-order valence-electron chi connectivity index (χ3n) is 5.16.